The summed E-state index contributed by atoms with van der Waals surface area (Å²) in [5.41, 5.74) is 2.14. The Morgan fingerprint density at radius 3 is 2.24 bits per heavy atom. The molecule has 2 aromatic heterocycles. The van der Waals surface area contributed by atoms with E-state index in [-0.39, 0.29) is 0 Å². The molecule has 10 heteroatoms. The van der Waals surface area contributed by atoms with Gasteiger partial charge in [0.1, 0.15) is 0 Å². The second kappa shape index (κ2) is 9.33. The summed E-state index contributed by atoms with van der Waals surface area (Å²) < 4.78 is 32.6. The number of rotatable bonds is 7. The smallest absolute Gasteiger partial charge is 0.243 e. The summed E-state index contributed by atoms with van der Waals surface area (Å²) in [7, 11) is -3.50. The Bertz CT molecular complexity index is 1300. The van der Waals surface area contributed by atoms with Crippen LogP contribution in [0, 0.1) is 4.77 Å². The van der Waals surface area contributed by atoms with Crippen LogP contribution in [0.5, 0.6) is 0 Å². The Morgan fingerprint density at radius 2 is 1.65 bits per heavy atom. The van der Waals surface area contributed by atoms with Crippen LogP contribution in [0.1, 0.15) is 44.2 Å². The van der Waals surface area contributed by atoms with Crippen molar-refractivity contribution in [2.24, 2.45) is 0 Å². The lowest BCUT2D eigenvalue weighted by Gasteiger charge is -2.33. The molecule has 8 nitrogen and oxygen atoms in total. The fourth-order valence-corrected chi connectivity index (χ4v) is 6.10. The molecule has 0 bridgehead atoms. The van der Waals surface area contributed by atoms with Gasteiger partial charge >= 0.3 is 0 Å². The minimum absolute atomic E-state index is 0.359. The highest BCUT2D eigenvalue weighted by molar-refractivity contribution is 7.89. The van der Waals surface area contributed by atoms with Gasteiger partial charge in [0, 0.05) is 50.2 Å². The van der Waals surface area contributed by atoms with Gasteiger partial charge in [0.05, 0.1) is 11.6 Å². The molecule has 1 saturated carbocycles. The van der Waals surface area contributed by atoms with Gasteiger partial charge in [-0.1, -0.05) is 26.0 Å². The van der Waals surface area contributed by atoms with E-state index in [2.05, 4.69) is 28.3 Å². The fraction of sp³-hybridized carbons (Fsp3) is 0.458. The third-order valence-electron chi connectivity index (χ3n) is 6.57. The molecule has 2 aliphatic rings. The highest BCUT2D eigenvalue weighted by Crippen LogP contribution is 2.38. The predicted octanol–water partition coefficient (Wildman–Crippen LogP) is 3.90. The first-order chi connectivity index (χ1) is 16.3. The summed E-state index contributed by atoms with van der Waals surface area (Å²) in [6.07, 6.45) is 5.77. The van der Waals surface area contributed by atoms with Crippen molar-refractivity contribution in [2.75, 3.05) is 26.2 Å². The van der Waals surface area contributed by atoms with Crippen LogP contribution < -0.4 is 0 Å². The molecule has 0 N–H and O–H groups in total. The molecule has 3 heterocycles. The van der Waals surface area contributed by atoms with Crippen molar-refractivity contribution in [2.45, 2.75) is 50.2 Å². The van der Waals surface area contributed by atoms with Crippen molar-refractivity contribution in [1.29, 1.82) is 0 Å². The van der Waals surface area contributed by atoms with Crippen LogP contribution in [0.15, 0.2) is 53.7 Å². The van der Waals surface area contributed by atoms with Crippen molar-refractivity contribution in [3.8, 4) is 11.4 Å². The Morgan fingerprint density at radius 1 is 1.00 bits per heavy atom. The summed E-state index contributed by atoms with van der Waals surface area (Å²) in [5, 5.41) is 4.85. The molecule has 0 atom stereocenters. The predicted molar refractivity (Wildman–Crippen MR) is 133 cm³/mol. The zero-order valence-corrected chi connectivity index (χ0v) is 21.2. The second-order valence-electron chi connectivity index (χ2n) is 9.33. The first-order valence-corrected chi connectivity index (χ1v) is 13.6. The molecule has 0 radical (unpaired) electrons. The number of aromatic nitrogens is 4. The molecule has 1 aliphatic heterocycles. The number of pyridine rings is 1. The number of nitrogens with zero attached hydrogens (tertiary/aromatic N) is 6. The number of benzene rings is 1. The van der Waals surface area contributed by atoms with Crippen molar-refractivity contribution in [1.82, 2.24) is 28.5 Å². The molecular weight excluding hydrogens is 468 g/mol. The molecule has 2 fully saturated rings. The first-order valence-electron chi connectivity index (χ1n) is 11.8. The Labute approximate surface area is 205 Å². The number of sulfonamides is 1. The van der Waals surface area contributed by atoms with Gasteiger partial charge in [0.2, 0.25) is 10.0 Å². The minimum atomic E-state index is -3.50. The van der Waals surface area contributed by atoms with E-state index in [0.29, 0.717) is 49.7 Å². The minimum Gasteiger partial charge on any atom is -0.297 e. The lowest BCUT2D eigenvalue weighted by atomic mass is 10.0. The Kier molecular flexibility index (Phi) is 6.41. The molecule has 1 aliphatic carbocycles. The van der Waals surface area contributed by atoms with E-state index in [1.165, 1.54) is 0 Å². The fourth-order valence-electron chi connectivity index (χ4n) is 4.35. The molecule has 0 unspecified atom stereocenters. The first kappa shape index (κ1) is 23.3. The van der Waals surface area contributed by atoms with Crippen LogP contribution in [0.25, 0.3) is 11.4 Å². The molecule has 5 rings (SSSR count). The molecule has 0 spiro atoms. The second-order valence-corrected chi connectivity index (χ2v) is 11.6. The van der Waals surface area contributed by atoms with E-state index >= 15 is 0 Å². The summed E-state index contributed by atoms with van der Waals surface area (Å²) in [6, 6.07) is 11.6. The zero-order chi connectivity index (χ0) is 23.9. The third-order valence-corrected chi connectivity index (χ3v) is 8.89. The van der Waals surface area contributed by atoms with Gasteiger partial charge in [-0.15, -0.1) is 0 Å². The van der Waals surface area contributed by atoms with Crippen molar-refractivity contribution in [3.63, 3.8) is 0 Å². The summed E-state index contributed by atoms with van der Waals surface area (Å²) in [4.78, 5) is 6.68. The normalized spacial score (nSPS) is 18.0. The average Bonchev–Trinajstić information content (AvgIpc) is 3.64. The van der Waals surface area contributed by atoms with Crippen LogP contribution in [0.3, 0.4) is 0 Å². The molecule has 0 amide bonds. The Balaban J connectivity index is 1.28. The van der Waals surface area contributed by atoms with Crippen LogP contribution >= 0.6 is 12.2 Å². The highest BCUT2D eigenvalue weighted by Gasteiger charge is 2.31. The van der Waals surface area contributed by atoms with Crippen molar-refractivity contribution in [3.05, 3.63) is 59.1 Å². The number of hydrogen-bond donors (Lipinski definition) is 0. The van der Waals surface area contributed by atoms with Crippen LogP contribution in [-0.2, 0) is 16.7 Å². The van der Waals surface area contributed by atoms with Crippen LogP contribution in [0.4, 0.5) is 0 Å². The lowest BCUT2D eigenvalue weighted by molar-refractivity contribution is 0.144. The molecule has 180 valence electrons. The van der Waals surface area contributed by atoms with Gasteiger partial charge in [-0.2, -0.15) is 9.40 Å². The van der Waals surface area contributed by atoms with Gasteiger partial charge < -0.3 is 0 Å². The lowest BCUT2D eigenvalue weighted by Crippen LogP contribution is -2.48. The van der Waals surface area contributed by atoms with E-state index in [1.54, 1.807) is 28.8 Å². The highest BCUT2D eigenvalue weighted by atomic mass is 32.2. The number of piperazine rings is 1. The topological polar surface area (TPSA) is 76.3 Å². The molecular formula is C24H30N6O2S2. The van der Waals surface area contributed by atoms with Gasteiger partial charge in [-0.25, -0.2) is 13.1 Å². The maximum atomic E-state index is 13.1. The van der Waals surface area contributed by atoms with Crippen molar-refractivity contribution < 1.29 is 8.42 Å². The largest absolute Gasteiger partial charge is 0.297 e. The molecule has 34 heavy (non-hydrogen) atoms. The van der Waals surface area contributed by atoms with Gasteiger partial charge in [-0.3, -0.25) is 14.5 Å². The van der Waals surface area contributed by atoms with E-state index in [4.69, 9.17) is 17.3 Å². The van der Waals surface area contributed by atoms with E-state index in [1.807, 2.05) is 28.9 Å². The summed E-state index contributed by atoms with van der Waals surface area (Å²) in [6.45, 7) is 6.90. The standard InChI is InChI=1S/C24H30N6O2S2/c1-18(2)19-3-7-22(8-4-19)34(31,32)28-15-13-27(14-16-28)17-29-24(33)30(21-5-6-21)23(26-29)20-9-11-25-12-10-20/h3-4,7-12,18,21H,5-6,13-17H2,1-2H3. The molecule has 3 aromatic rings. The zero-order valence-electron chi connectivity index (χ0n) is 19.5. The van der Waals surface area contributed by atoms with Crippen LogP contribution in [-0.4, -0.2) is 63.1 Å². The monoisotopic (exact) mass is 498 g/mol. The quantitative estimate of drug-likeness (QED) is 0.460. The number of hydrogen-bond acceptors (Lipinski definition) is 6. The van der Waals surface area contributed by atoms with Crippen molar-refractivity contribution >= 4 is 22.2 Å². The van der Waals surface area contributed by atoms with Gasteiger partial charge in [0.25, 0.3) is 0 Å². The SMILES string of the molecule is CC(C)c1ccc(S(=O)(=O)N2CCN(Cn3nc(-c4ccncc4)n(C4CC4)c3=S)CC2)cc1. The molecule has 1 saturated heterocycles. The van der Waals surface area contributed by atoms with E-state index < -0.39 is 10.0 Å². The van der Waals surface area contributed by atoms with Gasteiger partial charge in [-0.05, 0) is 60.8 Å². The third kappa shape index (κ3) is 4.59. The van der Waals surface area contributed by atoms with E-state index in [9.17, 15) is 8.42 Å². The summed E-state index contributed by atoms with van der Waals surface area (Å²) in [5.74, 6) is 1.25. The summed E-state index contributed by atoms with van der Waals surface area (Å²) >= 11 is 5.79. The maximum absolute atomic E-state index is 13.1. The molecule has 1 aromatic carbocycles. The van der Waals surface area contributed by atoms with Gasteiger partial charge in [0.15, 0.2) is 10.6 Å². The maximum Gasteiger partial charge on any atom is 0.243 e. The van der Waals surface area contributed by atoms with E-state index in [0.717, 1.165) is 34.6 Å². The Hall–Kier alpha value is -2.40. The average molecular weight is 499 g/mol. The van der Waals surface area contributed by atoms with Crippen LogP contribution in [0.2, 0.25) is 0 Å².